The van der Waals surface area contributed by atoms with Crippen LogP contribution in [0.5, 0.6) is 5.75 Å². The van der Waals surface area contributed by atoms with Crippen molar-refractivity contribution in [2.24, 2.45) is 0 Å². The minimum absolute atomic E-state index is 0.149. The molecule has 0 radical (unpaired) electrons. The Morgan fingerprint density at radius 2 is 1.90 bits per heavy atom. The lowest BCUT2D eigenvalue weighted by molar-refractivity contribution is -0.116. The molecule has 0 aliphatic heterocycles. The van der Waals surface area contributed by atoms with Gasteiger partial charge in [0, 0.05) is 11.3 Å². The number of hydrogen-bond acceptors (Lipinski definition) is 3. The molecular formula is C16H15NO3. The van der Waals surface area contributed by atoms with Crippen LogP contribution in [0.15, 0.2) is 54.6 Å². The van der Waals surface area contributed by atoms with Crippen LogP contribution in [0.2, 0.25) is 0 Å². The second-order valence-electron chi connectivity index (χ2n) is 4.20. The highest BCUT2D eigenvalue weighted by atomic mass is 16.5. The molecule has 20 heavy (non-hydrogen) atoms. The quantitative estimate of drug-likeness (QED) is 0.820. The maximum atomic E-state index is 11.7. The molecule has 4 nitrogen and oxygen atoms in total. The van der Waals surface area contributed by atoms with Crippen molar-refractivity contribution in [1.82, 2.24) is 0 Å². The summed E-state index contributed by atoms with van der Waals surface area (Å²) < 4.78 is 5.44. The summed E-state index contributed by atoms with van der Waals surface area (Å²) in [7, 11) is 0. The molecule has 0 heterocycles. The van der Waals surface area contributed by atoms with Crippen molar-refractivity contribution in [2.75, 3.05) is 11.9 Å². The fraction of sp³-hybridized carbons (Fsp3) is 0.125. The van der Waals surface area contributed by atoms with Crippen LogP contribution in [0.3, 0.4) is 0 Å². The van der Waals surface area contributed by atoms with E-state index >= 15 is 0 Å². The van der Waals surface area contributed by atoms with Crippen molar-refractivity contribution in [2.45, 2.75) is 6.42 Å². The average Bonchev–Trinajstić information content (AvgIpc) is 2.48. The molecule has 0 saturated heterocycles. The first-order valence-corrected chi connectivity index (χ1v) is 6.31. The van der Waals surface area contributed by atoms with E-state index in [2.05, 4.69) is 5.32 Å². The van der Waals surface area contributed by atoms with Crippen LogP contribution in [-0.4, -0.2) is 18.8 Å². The number of rotatable bonds is 6. The van der Waals surface area contributed by atoms with E-state index in [9.17, 15) is 9.59 Å². The van der Waals surface area contributed by atoms with Crippen LogP contribution in [-0.2, 0) is 4.79 Å². The Hall–Kier alpha value is -2.62. The van der Waals surface area contributed by atoms with Gasteiger partial charge in [0.25, 0.3) is 0 Å². The number of carbonyl (C=O) groups excluding carboxylic acids is 2. The van der Waals surface area contributed by atoms with Gasteiger partial charge in [-0.2, -0.15) is 0 Å². The summed E-state index contributed by atoms with van der Waals surface area (Å²) in [6.45, 7) is 0.309. The van der Waals surface area contributed by atoms with E-state index in [0.717, 1.165) is 12.0 Å². The minimum atomic E-state index is -0.149. The van der Waals surface area contributed by atoms with Crippen LogP contribution in [0.25, 0.3) is 0 Å². The highest BCUT2D eigenvalue weighted by molar-refractivity contribution is 5.91. The van der Waals surface area contributed by atoms with Gasteiger partial charge in [-0.15, -0.1) is 0 Å². The fourth-order valence-corrected chi connectivity index (χ4v) is 1.69. The standard InChI is InChI=1S/C16H15NO3/c18-12-13-5-4-6-14(11-13)17-16(19)9-10-20-15-7-2-1-3-8-15/h1-8,11-12H,9-10H2,(H,17,19). The summed E-state index contributed by atoms with van der Waals surface area (Å²) in [5.74, 6) is 0.590. The first-order chi connectivity index (χ1) is 9.78. The topological polar surface area (TPSA) is 55.4 Å². The summed E-state index contributed by atoms with van der Waals surface area (Å²) in [5.41, 5.74) is 1.14. The third-order valence-corrected chi connectivity index (χ3v) is 2.65. The number of hydrogen-bond donors (Lipinski definition) is 1. The minimum Gasteiger partial charge on any atom is -0.493 e. The Balaban J connectivity index is 1.79. The lowest BCUT2D eigenvalue weighted by atomic mass is 10.2. The Labute approximate surface area is 117 Å². The average molecular weight is 269 g/mol. The van der Waals surface area contributed by atoms with E-state index in [1.54, 1.807) is 24.3 Å². The molecule has 4 heteroatoms. The second kappa shape index (κ2) is 7.09. The van der Waals surface area contributed by atoms with Gasteiger partial charge in [0.05, 0.1) is 13.0 Å². The van der Waals surface area contributed by atoms with Gasteiger partial charge in [-0.05, 0) is 24.3 Å². The smallest absolute Gasteiger partial charge is 0.227 e. The van der Waals surface area contributed by atoms with E-state index in [-0.39, 0.29) is 12.3 Å². The van der Waals surface area contributed by atoms with Gasteiger partial charge < -0.3 is 10.1 Å². The van der Waals surface area contributed by atoms with Gasteiger partial charge >= 0.3 is 0 Å². The van der Waals surface area contributed by atoms with Crippen molar-refractivity contribution in [1.29, 1.82) is 0 Å². The van der Waals surface area contributed by atoms with E-state index in [0.29, 0.717) is 17.9 Å². The highest BCUT2D eigenvalue weighted by Gasteiger charge is 2.03. The van der Waals surface area contributed by atoms with Crippen molar-refractivity contribution in [3.63, 3.8) is 0 Å². The van der Waals surface area contributed by atoms with E-state index in [1.165, 1.54) is 0 Å². The van der Waals surface area contributed by atoms with Gasteiger partial charge in [0.2, 0.25) is 5.91 Å². The lowest BCUT2D eigenvalue weighted by Crippen LogP contribution is -2.15. The number of nitrogens with one attached hydrogen (secondary N) is 1. The number of carbonyl (C=O) groups is 2. The largest absolute Gasteiger partial charge is 0.493 e. The van der Waals surface area contributed by atoms with Crippen molar-refractivity contribution in [3.8, 4) is 5.75 Å². The predicted molar refractivity (Wildman–Crippen MR) is 77.0 cm³/mol. The van der Waals surface area contributed by atoms with Crippen molar-refractivity contribution in [3.05, 3.63) is 60.2 Å². The Bertz CT molecular complexity index is 581. The van der Waals surface area contributed by atoms with Crippen LogP contribution >= 0.6 is 0 Å². The molecule has 102 valence electrons. The number of ether oxygens (including phenoxy) is 1. The molecule has 0 atom stereocenters. The molecule has 0 spiro atoms. The number of para-hydroxylation sites is 1. The van der Waals surface area contributed by atoms with Crippen LogP contribution in [0, 0.1) is 0 Å². The maximum Gasteiger partial charge on any atom is 0.227 e. The fourth-order valence-electron chi connectivity index (χ4n) is 1.69. The molecule has 0 fully saturated rings. The van der Waals surface area contributed by atoms with Crippen molar-refractivity contribution < 1.29 is 14.3 Å². The predicted octanol–water partition coefficient (Wildman–Crippen LogP) is 2.91. The molecular weight excluding hydrogens is 254 g/mol. The highest BCUT2D eigenvalue weighted by Crippen LogP contribution is 2.11. The summed E-state index contributed by atoms with van der Waals surface area (Å²) in [6.07, 6.45) is 0.994. The number of aldehydes is 1. The van der Waals surface area contributed by atoms with Gasteiger partial charge in [-0.3, -0.25) is 9.59 Å². The lowest BCUT2D eigenvalue weighted by Gasteiger charge is -2.07. The molecule has 0 bridgehead atoms. The first kappa shape index (κ1) is 13.8. The molecule has 0 unspecified atom stereocenters. The molecule has 2 aromatic rings. The molecule has 0 saturated carbocycles. The van der Waals surface area contributed by atoms with Gasteiger partial charge in [-0.1, -0.05) is 30.3 Å². The zero-order chi connectivity index (χ0) is 14.2. The monoisotopic (exact) mass is 269 g/mol. The summed E-state index contributed by atoms with van der Waals surface area (Å²) >= 11 is 0. The third-order valence-electron chi connectivity index (χ3n) is 2.65. The summed E-state index contributed by atoms with van der Waals surface area (Å²) in [4.78, 5) is 22.4. The number of amides is 1. The maximum absolute atomic E-state index is 11.7. The SMILES string of the molecule is O=Cc1cccc(NC(=O)CCOc2ccccc2)c1. The number of anilines is 1. The molecule has 0 aliphatic rings. The van der Waals surface area contributed by atoms with Crippen LogP contribution in [0.4, 0.5) is 5.69 Å². The molecule has 2 aromatic carbocycles. The molecule has 1 N–H and O–H groups in total. The first-order valence-electron chi connectivity index (χ1n) is 6.31. The zero-order valence-corrected chi connectivity index (χ0v) is 10.9. The van der Waals surface area contributed by atoms with Crippen molar-refractivity contribution >= 4 is 17.9 Å². The second-order valence-corrected chi connectivity index (χ2v) is 4.20. The van der Waals surface area contributed by atoms with Crippen LogP contribution in [0.1, 0.15) is 16.8 Å². The van der Waals surface area contributed by atoms with Gasteiger partial charge in [0.15, 0.2) is 0 Å². The zero-order valence-electron chi connectivity index (χ0n) is 10.9. The Morgan fingerprint density at radius 1 is 1.10 bits per heavy atom. The summed E-state index contributed by atoms with van der Waals surface area (Å²) in [6, 6.07) is 16.1. The van der Waals surface area contributed by atoms with E-state index in [4.69, 9.17) is 4.74 Å². The van der Waals surface area contributed by atoms with Gasteiger partial charge in [0.1, 0.15) is 12.0 Å². The molecule has 1 amide bonds. The van der Waals surface area contributed by atoms with E-state index < -0.39 is 0 Å². The molecule has 2 rings (SSSR count). The molecule has 0 aromatic heterocycles. The number of benzene rings is 2. The van der Waals surface area contributed by atoms with E-state index in [1.807, 2.05) is 30.3 Å². The third kappa shape index (κ3) is 4.24. The Morgan fingerprint density at radius 3 is 2.65 bits per heavy atom. The summed E-state index contributed by atoms with van der Waals surface area (Å²) in [5, 5.41) is 2.73. The molecule has 0 aliphatic carbocycles. The normalized spacial score (nSPS) is 9.80. The van der Waals surface area contributed by atoms with Crippen LogP contribution < -0.4 is 10.1 Å². The Kier molecular flexibility index (Phi) is 4.89. The van der Waals surface area contributed by atoms with Gasteiger partial charge in [-0.25, -0.2) is 0 Å².